The van der Waals surface area contributed by atoms with Crippen molar-refractivity contribution in [2.45, 2.75) is 13.1 Å². The van der Waals surface area contributed by atoms with Crippen molar-refractivity contribution >= 4 is 11.6 Å². The van der Waals surface area contributed by atoms with Gasteiger partial charge >= 0.3 is 0 Å². The van der Waals surface area contributed by atoms with Crippen LogP contribution in [-0.4, -0.2) is 14.8 Å². The molecule has 3 aromatic rings. The highest BCUT2D eigenvalue weighted by Crippen LogP contribution is 2.23. The number of hydrogen-bond donors (Lipinski definition) is 1. The molecule has 0 saturated heterocycles. The van der Waals surface area contributed by atoms with Crippen LogP contribution in [0.15, 0.2) is 48.8 Å². The minimum absolute atomic E-state index is 0.222. The van der Waals surface area contributed by atoms with Crippen LogP contribution >= 0.6 is 11.6 Å². The van der Waals surface area contributed by atoms with E-state index in [1.807, 2.05) is 24.3 Å². The minimum Gasteiger partial charge on any atom is -0.326 e. The van der Waals surface area contributed by atoms with E-state index in [0.717, 1.165) is 11.1 Å². The van der Waals surface area contributed by atoms with Crippen molar-refractivity contribution in [1.82, 2.24) is 14.8 Å². The normalized spacial score (nSPS) is 10.9. The zero-order valence-corrected chi connectivity index (χ0v) is 12.5. The molecule has 0 aliphatic carbocycles. The van der Waals surface area contributed by atoms with Crippen LogP contribution in [0, 0.1) is 5.82 Å². The quantitative estimate of drug-likeness (QED) is 0.804. The highest BCUT2D eigenvalue weighted by Gasteiger charge is 2.12. The molecule has 4 nitrogen and oxygen atoms in total. The summed E-state index contributed by atoms with van der Waals surface area (Å²) < 4.78 is 15.5. The number of hydrogen-bond acceptors (Lipinski definition) is 3. The minimum atomic E-state index is -0.354. The van der Waals surface area contributed by atoms with Gasteiger partial charge in [-0.2, -0.15) is 5.10 Å². The van der Waals surface area contributed by atoms with Crippen LogP contribution in [0.3, 0.4) is 0 Å². The highest BCUT2D eigenvalue weighted by atomic mass is 35.5. The molecule has 2 aromatic carbocycles. The van der Waals surface area contributed by atoms with Gasteiger partial charge in [0.2, 0.25) is 0 Å². The fraction of sp³-hybridized carbons (Fsp3) is 0.125. The van der Waals surface area contributed by atoms with Crippen molar-refractivity contribution in [2.24, 2.45) is 5.73 Å². The lowest BCUT2D eigenvalue weighted by Crippen LogP contribution is -2.06. The summed E-state index contributed by atoms with van der Waals surface area (Å²) in [6.07, 6.45) is 1.45. The maximum Gasteiger partial charge on any atom is 0.158 e. The summed E-state index contributed by atoms with van der Waals surface area (Å²) in [6, 6.07) is 12.3. The van der Waals surface area contributed by atoms with E-state index in [9.17, 15) is 4.39 Å². The summed E-state index contributed by atoms with van der Waals surface area (Å²) in [7, 11) is 0. The molecule has 0 aliphatic rings. The topological polar surface area (TPSA) is 56.7 Å². The molecule has 6 heteroatoms. The summed E-state index contributed by atoms with van der Waals surface area (Å²) in [5.74, 6) is 0.301. The lowest BCUT2D eigenvalue weighted by Gasteiger charge is -2.09. The van der Waals surface area contributed by atoms with E-state index >= 15 is 0 Å². The molecule has 1 aromatic heterocycles. The van der Waals surface area contributed by atoms with Crippen molar-refractivity contribution in [1.29, 1.82) is 0 Å². The molecule has 0 saturated carbocycles. The second kappa shape index (κ2) is 6.25. The van der Waals surface area contributed by atoms with Crippen LogP contribution in [0.25, 0.3) is 11.4 Å². The maximum absolute atomic E-state index is 13.9. The molecule has 0 spiro atoms. The molecular formula is C16H14ClFN4. The average Bonchev–Trinajstić information content (AvgIpc) is 2.99. The highest BCUT2D eigenvalue weighted by molar-refractivity contribution is 6.31. The number of benzene rings is 2. The van der Waals surface area contributed by atoms with Crippen molar-refractivity contribution in [3.05, 3.63) is 70.8 Å². The Kier molecular flexibility index (Phi) is 4.18. The molecule has 0 radical (unpaired) electrons. The Bertz CT molecular complexity index is 763. The van der Waals surface area contributed by atoms with Gasteiger partial charge < -0.3 is 5.73 Å². The van der Waals surface area contributed by atoms with Crippen LogP contribution in [0.2, 0.25) is 5.02 Å². The Morgan fingerprint density at radius 3 is 2.59 bits per heavy atom. The third-order valence-corrected chi connectivity index (χ3v) is 3.79. The van der Waals surface area contributed by atoms with E-state index in [1.54, 1.807) is 16.8 Å². The van der Waals surface area contributed by atoms with E-state index in [-0.39, 0.29) is 12.4 Å². The zero-order valence-electron chi connectivity index (χ0n) is 11.7. The number of aromatic nitrogens is 3. The van der Waals surface area contributed by atoms with Gasteiger partial charge in [-0.15, -0.1) is 0 Å². The summed E-state index contributed by atoms with van der Waals surface area (Å²) in [5.41, 5.74) is 7.92. The maximum atomic E-state index is 13.9. The van der Waals surface area contributed by atoms with Gasteiger partial charge in [-0.25, -0.2) is 14.1 Å². The van der Waals surface area contributed by atoms with Gasteiger partial charge in [-0.1, -0.05) is 41.9 Å². The SMILES string of the molecule is NCc1ccc(-c2ncnn2Cc2c(F)cccc2Cl)cc1. The first-order valence-electron chi connectivity index (χ1n) is 6.79. The molecular weight excluding hydrogens is 303 g/mol. The second-order valence-corrected chi connectivity index (χ2v) is 5.25. The summed E-state index contributed by atoms with van der Waals surface area (Å²) in [6.45, 7) is 0.706. The molecule has 0 aliphatic heterocycles. The second-order valence-electron chi connectivity index (χ2n) is 4.84. The van der Waals surface area contributed by atoms with Gasteiger partial charge in [-0.3, -0.25) is 0 Å². The summed E-state index contributed by atoms with van der Waals surface area (Å²) in [5, 5.41) is 4.54. The Balaban J connectivity index is 1.95. The number of rotatable bonds is 4. The van der Waals surface area contributed by atoms with E-state index in [4.69, 9.17) is 17.3 Å². The predicted molar refractivity (Wildman–Crippen MR) is 83.9 cm³/mol. The zero-order chi connectivity index (χ0) is 15.5. The van der Waals surface area contributed by atoms with Gasteiger partial charge in [0.05, 0.1) is 6.54 Å². The number of nitrogens with zero attached hydrogens (tertiary/aromatic N) is 3. The van der Waals surface area contributed by atoms with Crippen molar-refractivity contribution in [3.63, 3.8) is 0 Å². The Hall–Kier alpha value is -2.24. The molecule has 0 atom stereocenters. The molecule has 112 valence electrons. The van der Waals surface area contributed by atoms with Crippen LogP contribution < -0.4 is 5.73 Å². The Morgan fingerprint density at radius 2 is 1.91 bits per heavy atom. The molecule has 2 N–H and O–H groups in total. The fourth-order valence-corrected chi connectivity index (χ4v) is 2.45. The molecule has 3 rings (SSSR count). The molecule has 0 fully saturated rings. The fourth-order valence-electron chi connectivity index (χ4n) is 2.23. The number of halogens is 2. The lowest BCUT2D eigenvalue weighted by molar-refractivity contribution is 0.587. The first-order chi connectivity index (χ1) is 10.7. The van der Waals surface area contributed by atoms with Crippen LogP contribution in [0.1, 0.15) is 11.1 Å². The number of nitrogens with two attached hydrogens (primary N) is 1. The van der Waals surface area contributed by atoms with Crippen LogP contribution in [0.5, 0.6) is 0 Å². The molecule has 22 heavy (non-hydrogen) atoms. The summed E-state index contributed by atoms with van der Waals surface area (Å²) in [4.78, 5) is 4.25. The van der Waals surface area contributed by atoms with Crippen molar-refractivity contribution in [2.75, 3.05) is 0 Å². The lowest BCUT2D eigenvalue weighted by atomic mass is 10.1. The van der Waals surface area contributed by atoms with Crippen LogP contribution in [-0.2, 0) is 13.1 Å². The smallest absolute Gasteiger partial charge is 0.158 e. The summed E-state index contributed by atoms with van der Waals surface area (Å²) >= 11 is 6.07. The van der Waals surface area contributed by atoms with E-state index in [0.29, 0.717) is 23.0 Å². The largest absolute Gasteiger partial charge is 0.326 e. The Morgan fingerprint density at radius 1 is 1.14 bits per heavy atom. The molecule has 0 amide bonds. The van der Waals surface area contributed by atoms with Gasteiger partial charge in [0.1, 0.15) is 12.1 Å². The third kappa shape index (κ3) is 2.86. The van der Waals surface area contributed by atoms with Crippen molar-refractivity contribution in [3.8, 4) is 11.4 Å². The Labute approximate surface area is 132 Å². The van der Waals surface area contributed by atoms with Gasteiger partial charge in [0.25, 0.3) is 0 Å². The third-order valence-electron chi connectivity index (χ3n) is 3.43. The predicted octanol–water partition coefficient (Wildman–Crippen LogP) is 3.24. The van der Waals surface area contributed by atoms with Gasteiger partial charge in [-0.05, 0) is 17.7 Å². The standard InChI is InChI=1S/C16H14ClFN4/c17-14-2-1-3-15(18)13(14)9-22-16(20-10-21-22)12-6-4-11(8-19)5-7-12/h1-7,10H,8-9,19H2. The van der Waals surface area contributed by atoms with Gasteiger partial charge in [0.15, 0.2) is 5.82 Å². The first-order valence-corrected chi connectivity index (χ1v) is 7.17. The molecule has 0 bridgehead atoms. The van der Waals surface area contributed by atoms with Crippen LogP contribution in [0.4, 0.5) is 4.39 Å². The van der Waals surface area contributed by atoms with E-state index in [1.165, 1.54) is 12.4 Å². The molecule has 1 heterocycles. The first kappa shape index (κ1) is 14.7. The van der Waals surface area contributed by atoms with Crippen molar-refractivity contribution < 1.29 is 4.39 Å². The monoisotopic (exact) mass is 316 g/mol. The van der Waals surface area contributed by atoms with E-state index in [2.05, 4.69) is 10.1 Å². The van der Waals surface area contributed by atoms with Gasteiger partial charge in [0, 0.05) is 22.7 Å². The molecule has 0 unspecified atom stereocenters. The van der Waals surface area contributed by atoms with E-state index < -0.39 is 0 Å². The average molecular weight is 317 g/mol.